The zero-order valence-electron chi connectivity index (χ0n) is 12.7. The molecule has 0 unspecified atom stereocenters. The van der Waals surface area contributed by atoms with Gasteiger partial charge in [-0.2, -0.15) is 13.2 Å². The van der Waals surface area contributed by atoms with E-state index < -0.39 is 11.9 Å². The number of aryl methyl sites for hydroxylation is 1. The van der Waals surface area contributed by atoms with Crippen LogP contribution in [0.3, 0.4) is 0 Å². The molecule has 4 aromatic rings. The molecule has 0 bridgehead atoms. The van der Waals surface area contributed by atoms with E-state index in [0.717, 1.165) is 16.8 Å². The molecule has 0 atom stereocenters. The minimum absolute atomic E-state index is 0.104. The number of rotatable bonds is 2. The number of pyridine rings is 2. The first-order valence-corrected chi connectivity index (χ1v) is 7.12. The zero-order chi connectivity index (χ0) is 17.8. The number of alkyl halides is 3. The Morgan fingerprint density at radius 1 is 1.24 bits per heavy atom. The van der Waals surface area contributed by atoms with Crippen LogP contribution in [0.25, 0.3) is 16.8 Å². The fraction of sp³-hybridized carbons (Fsp3) is 0.214. The van der Waals surface area contributed by atoms with Gasteiger partial charge >= 0.3 is 6.18 Å². The number of nitrogens with two attached hydrogens (primary N) is 1. The average molecular weight is 349 g/mol. The number of anilines is 1. The highest BCUT2D eigenvalue weighted by molar-refractivity contribution is 5.85. The standard InChI is InChI=1S/C14H10F3N7O/c1-6-8(10(18)11-12(20-6)23-25-22-11)4-7-2-3-9(14(15,16)17)24-5-19-21-13(7)24/h2-3,5H,4,18H2,1H3. The SMILES string of the molecule is Cc1nc2nonc2c(N)c1Cc1ccc(C(F)(F)F)n2cnnc12. The number of fused-ring (bicyclic) bond motifs is 2. The number of nitrogen functional groups attached to an aromatic ring is 1. The van der Waals surface area contributed by atoms with Crippen molar-refractivity contribution < 1.29 is 17.8 Å². The smallest absolute Gasteiger partial charge is 0.396 e. The minimum Gasteiger partial charge on any atom is -0.396 e. The molecule has 4 aromatic heterocycles. The van der Waals surface area contributed by atoms with E-state index in [1.54, 1.807) is 6.92 Å². The maximum Gasteiger partial charge on any atom is 0.431 e. The van der Waals surface area contributed by atoms with Crippen molar-refractivity contribution in [1.82, 2.24) is 29.9 Å². The maximum absolute atomic E-state index is 13.1. The molecule has 8 nitrogen and oxygen atoms in total. The molecule has 11 heteroatoms. The molecule has 4 heterocycles. The third-order valence-electron chi connectivity index (χ3n) is 3.96. The second-order valence-corrected chi connectivity index (χ2v) is 5.47. The Bertz CT molecular complexity index is 1100. The van der Waals surface area contributed by atoms with Crippen LogP contribution < -0.4 is 5.73 Å². The lowest BCUT2D eigenvalue weighted by Crippen LogP contribution is -2.12. The number of nitrogens with zero attached hydrogens (tertiary/aromatic N) is 6. The van der Waals surface area contributed by atoms with Crippen molar-refractivity contribution in [1.29, 1.82) is 0 Å². The Morgan fingerprint density at radius 3 is 2.80 bits per heavy atom. The second kappa shape index (κ2) is 5.13. The highest BCUT2D eigenvalue weighted by Gasteiger charge is 2.34. The Labute approximate surface area is 137 Å². The van der Waals surface area contributed by atoms with Gasteiger partial charge in [-0.15, -0.1) is 10.2 Å². The predicted molar refractivity (Wildman–Crippen MR) is 79.5 cm³/mol. The van der Waals surface area contributed by atoms with E-state index in [1.165, 1.54) is 6.07 Å². The van der Waals surface area contributed by atoms with Crippen LogP contribution in [0.5, 0.6) is 0 Å². The Balaban J connectivity index is 1.86. The fourth-order valence-corrected chi connectivity index (χ4v) is 2.74. The molecule has 0 spiro atoms. The van der Waals surface area contributed by atoms with Crippen LogP contribution in [0.4, 0.5) is 18.9 Å². The first-order valence-electron chi connectivity index (χ1n) is 7.12. The van der Waals surface area contributed by atoms with Crippen molar-refractivity contribution in [2.75, 3.05) is 5.73 Å². The molecule has 0 fully saturated rings. The normalized spacial score (nSPS) is 12.3. The Kier molecular flexibility index (Phi) is 3.14. The summed E-state index contributed by atoms with van der Waals surface area (Å²) in [6.07, 6.45) is -3.27. The Hall–Kier alpha value is -3.24. The molecule has 128 valence electrons. The van der Waals surface area contributed by atoms with Crippen LogP contribution in [-0.4, -0.2) is 29.9 Å². The number of hydrogen-bond donors (Lipinski definition) is 1. The molecular formula is C14H10F3N7O. The van der Waals surface area contributed by atoms with Gasteiger partial charge in [0, 0.05) is 23.2 Å². The topological polar surface area (TPSA) is 108 Å². The van der Waals surface area contributed by atoms with Gasteiger partial charge in [-0.05, 0) is 23.3 Å². The number of halogens is 3. The van der Waals surface area contributed by atoms with E-state index in [2.05, 4.69) is 30.1 Å². The molecule has 25 heavy (non-hydrogen) atoms. The lowest BCUT2D eigenvalue weighted by molar-refractivity contribution is -0.142. The van der Waals surface area contributed by atoms with Crippen LogP contribution in [0, 0.1) is 6.92 Å². The maximum atomic E-state index is 13.1. The molecular weight excluding hydrogens is 339 g/mol. The third-order valence-corrected chi connectivity index (χ3v) is 3.96. The van der Waals surface area contributed by atoms with Crippen LogP contribution >= 0.6 is 0 Å². The van der Waals surface area contributed by atoms with Crippen molar-refractivity contribution in [3.63, 3.8) is 0 Å². The lowest BCUT2D eigenvalue weighted by Gasteiger charge is -2.13. The van der Waals surface area contributed by atoms with E-state index >= 15 is 0 Å². The quantitative estimate of drug-likeness (QED) is 0.591. The summed E-state index contributed by atoms with van der Waals surface area (Å²) in [6, 6.07) is 2.35. The first-order chi connectivity index (χ1) is 11.9. The fourth-order valence-electron chi connectivity index (χ4n) is 2.74. The second-order valence-electron chi connectivity index (χ2n) is 5.47. The predicted octanol–water partition coefficient (Wildman–Crippen LogP) is 2.16. The van der Waals surface area contributed by atoms with Crippen LogP contribution in [-0.2, 0) is 12.6 Å². The van der Waals surface area contributed by atoms with Gasteiger partial charge < -0.3 is 5.73 Å². The highest BCUT2D eigenvalue weighted by atomic mass is 19.4. The van der Waals surface area contributed by atoms with E-state index in [-0.39, 0.29) is 17.7 Å². The van der Waals surface area contributed by atoms with Crippen molar-refractivity contribution in [2.45, 2.75) is 19.5 Å². The summed E-state index contributed by atoms with van der Waals surface area (Å²) >= 11 is 0. The third kappa shape index (κ3) is 2.35. The largest absolute Gasteiger partial charge is 0.431 e. The number of aromatic nitrogens is 6. The van der Waals surface area contributed by atoms with Gasteiger partial charge in [0.25, 0.3) is 0 Å². The minimum atomic E-state index is -4.51. The molecule has 0 saturated carbocycles. The molecule has 0 aromatic carbocycles. The van der Waals surface area contributed by atoms with Gasteiger partial charge in [-0.25, -0.2) is 9.61 Å². The summed E-state index contributed by atoms with van der Waals surface area (Å²) in [4.78, 5) is 4.25. The van der Waals surface area contributed by atoms with E-state index in [0.29, 0.717) is 28.0 Å². The first kappa shape index (κ1) is 15.3. The van der Waals surface area contributed by atoms with Gasteiger partial charge in [0.1, 0.15) is 12.0 Å². The monoisotopic (exact) mass is 349 g/mol. The molecule has 0 aliphatic carbocycles. The molecule has 0 aliphatic rings. The summed E-state index contributed by atoms with van der Waals surface area (Å²) in [7, 11) is 0. The van der Waals surface area contributed by atoms with Crippen molar-refractivity contribution in [3.8, 4) is 0 Å². The van der Waals surface area contributed by atoms with Crippen LogP contribution in [0.2, 0.25) is 0 Å². The summed E-state index contributed by atoms with van der Waals surface area (Å²) in [5.41, 5.74) is 7.99. The number of hydrogen-bond acceptors (Lipinski definition) is 7. The van der Waals surface area contributed by atoms with Crippen molar-refractivity contribution in [2.24, 2.45) is 0 Å². The van der Waals surface area contributed by atoms with Gasteiger partial charge in [-0.1, -0.05) is 6.07 Å². The van der Waals surface area contributed by atoms with Gasteiger partial charge in [0.2, 0.25) is 5.65 Å². The summed E-state index contributed by atoms with van der Waals surface area (Å²) in [5, 5.41) is 14.7. The molecule has 4 rings (SSSR count). The average Bonchev–Trinajstić information content (AvgIpc) is 3.18. The molecule has 2 N–H and O–H groups in total. The lowest BCUT2D eigenvalue weighted by atomic mass is 10.0. The Morgan fingerprint density at radius 2 is 2.04 bits per heavy atom. The van der Waals surface area contributed by atoms with Crippen LogP contribution in [0.1, 0.15) is 22.5 Å². The molecule has 0 aliphatic heterocycles. The van der Waals surface area contributed by atoms with E-state index in [1.807, 2.05) is 0 Å². The van der Waals surface area contributed by atoms with Gasteiger partial charge in [0.05, 0.1) is 5.69 Å². The van der Waals surface area contributed by atoms with E-state index in [4.69, 9.17) is 5.73 Å². The summed E-state index contributed by atoms with van der Waals surface area (Å²) in [5.74, 6) is 0. The van der Waals surface area contributed by atoms with Gasteiger partial charge in [0.15, 0.2) is 11.2 Å². The summed E-state index contributed by atoms with van der Waals surface area (Å²) < 4.78 is 44.8. The van der Waals surface area contributed by atoms with Gasteiger partial charge in [-0.3, -0.25) is 4.40 Å². The van der Waals surface area contributed by atoms with Crippen molar-refractivity contribution >= 4 is 22.5 Å². The van der Waals surface area contributed by atoms with Crippen molar-refractivity contribution in [3.05, 3.63) is 41.0 Å². The van der Waals surface area contributed by atoms with Crippen LogP contribution in [0.15, 0.2) is 23.1 Å². The summed E-state index contributed by atoms with van der Waals surface area (Å²) in [6.45, 7) is 1.73. The molecule has 0 saturated heterocycles. The molecule has 0 amide bonds. The highest BCUT2D eigenvalue weighted by Crippen LogP contribution is 2.32. The van der Waals surface area contributed by atoms with E-state index in [9.17, 15) is 13.2 Å². The molecule has 0 radical (unpaired) electrons. The zero-order valence-corrected chi connectivity index (χ0v) is 12.7.